The van der Waals surface area contributed by atoms with Crippen LogP contribution in [0.25, 0.3) is 0 Å². The van der Waals surface area contributed by atoms with E-state index >= 15 is 0 Å². The van der Waals surface area contributed by atoms with E-state index in [-0.39, 0.29) is 0 Å². The first-order valence-electron chi connectivity index (χ1n) is 6.76. The molecule has 0 saturated heterocycles. The highest BCUT2D eigenvalue weighted by Crippen LogP contribution is 2.19. The van der Waals surface area contributed by atoms with E-state index in [1.807, 2.05) is 12.1 Å². The van der Waals surface area contributed by atoms with Gasteiger partial charge in [0.15, 0.2) is 0 Å². The Hall–Kier alpha value is -1.22. The van der Waals surface area contributed by atoms with Crippen molar-refractivity contribution in [2.24, 2.45) is 0 Å². The molecule has 0 aliphatic rings. The Morgan fingerprint density at radius 2 is 2.17 bits per heavy atom. The molecule has 18 heavy (non-hydrogen) atoms. The van der Waals surface area contributed by atoms with Crippen LogP contribution in [0.5, 0.6) is 5.75 Å². The van der Waals surface area contributed by atoms with Gasteiger partial charge < -0.3 is 15.0 Å². The van der Waals surface area contributed by atoms with Crippen LogP contribution >= 0.6 is 0 Å². The number of benzene rings is 1. The van der Waals surface area contributed by atoms with Crippen molar-refractivity contribution in [3.8, 4) is 5.75 Å². The minimum Gasteiger partial charge on any atom is -0.497 e. The maximum Gasteiger partial charge on any atom is 0.120 e. The van der Waals surface area contributed by atoms with Crippen LogP contribution in [0.4, 0.5) is 5.69 Å². The molecular weight excluding hydrogens is 224 g/mol. The molecule has 3 heteroatoms. The third-order valence-electron chi connectivity index (χ3n) is 3.13. The zero-order valence-corrected chi connectivity index (χ0v) is 12.1. The van der Waals surface area contributed by atoms with Crippen molar-refractivity contribution in [1.29, 1.82) is 0 Å². The van der Waals surface area contributed by atoms with Crippen LogP contribution in [-0.2, 0) is 0 Å². The average molecular weight is 250 g/mol. The van der Waals surface area contributed by atoms with Gasteiger partial charge in [0.05, 0.1) is 7.11 Å². The monoisotopic (exact) mass is 250 g/mol. The van der Waals surface area contributed by atoms with Gasteiger partial charge in [0.25, 0.3) is 0 Å². The molecule has 0 saturated carbocycles. The van der Waals surface area contributed by atoms with Crippen molar-refractivity contribution in [3.05, 3.63) is 24.3 Å². The zero-order chi connectivity index (χ0) is 13.4. The molecule has 0 bridgehead atoms. The number of nitrogens with one attached hydrogen (secondary N) is 1. The number of ether oxygens (including phenoxy) is 1. The summed E-state index contributed by atoms with van der Waals surface area (Å²) in [6.45, 7) is 6.59. The van der Waals surface area contributed by atoms with Crippen molar-refractivity contribution in [3.63, 3.8) is 0 Å². The third kappa shape index (κ3) is 4.96. The van der Waals surface area contributed by atoms with Crippen LogP contribution in [0, 0.1) is 0 Å². The lowest BCUT2D eigenvalue weighted by Gasteiger charge is -2.22. The van der Waals surface area contributed by atoms with Gasteiger partial charge in [0, 0.05) is 31.4 Å². The first kappa shape index (κ1) is 14.8. The third-order valence-corrected chi connectivity index (χ3v) is 3.13. The lowest BCUT2D eigenvalue weighted by atomic mass is 10.2. The second kappa shape index (κ2) is 7.98. The van der Waals surface area contributed by atoms with E-state index < -0.39 is 0 Å². The van der Waals surface area contributed by atoms with Crippen molar-refractivity contribution < 1.29 is 4.74 Å². The molecule has 3 nitrogen and oxygen atoms in total. The Kier molecular flexibility index (Phi) is 6.58. The van der Waals surface area contributed by atoms with Gasteiger partial charge in [-0.05, 0) is 38.4 Å². The van der Waals surface area contributed by atoms with E-state index in [9.17, 15) is 0 Å². The summed E-state index contributed by atoms with van der Waals surface area (Å²) < 4.78 is 5.24. The molecule has 1 N–H and O–H groups in total. The van der Waals surface area contributed by atoms with E-state index in [1.54, 1.807) is 7.11 Å². The van der Waals surface area contributed by atoms with Crippen LogP contribution in [0.3, 0.4) is 0 Å². The maximum absolute atomic E-state index is 5.24. The topological polar surface area (TPSA) is 24.5 Å². The van der Waals surface area contributed by atoms with Crippen LogP contribution < -0.4 is 15.0 Å². The summed E-state index contributed by atoms with van der Waals surface area (Å²) in [5.74, 6) is 0.913. The van der Waals surface area contributed by atoms with Crippen molar-refractivity contribution >= 4 is 5.69 Å². The summed E-state index contributed by atoms with van der Waals surface area (Å²) in [6, 6.07) is 8.77. The van der Waals surface area contributed by atoms with Gasteiger partial charge in [0.2, 0.25) is 0 Å². The molecule has 102 valence electrons. The first-order chi connectivity index (χ1) is 8.67. The van der Waals surface area contributed by atoms with Crippen LogP contribution in [-0.4, -0.2) is 33.3 Å². The number of hydrogen-bond donors (Lipinski definition) is 1. The fourth-order valence-electron chi connectivity index (χ4n) is 1.86. The number of hydrogen-bond acceptors (Lipinski definition) is 3. The lowest BCUT2D eigenvalue weighted by Crippen LogP contribution is -2.31. The Bertz CT molecular complexity index is 341. The van der Waals surface area contributed by atoms with Gasteiger partial charge in [-0.25, -0.2) is 0 Å². The second-order valence-electron chi connectivity index (χ2n) is 4.77. The highest BCUT2D eigenvalue weighted by molar-refractivity contribution is 5.49. The number of methoxy groups -OCH3 is 1. The standard InChI is InChI=1S/C15H26N2O/c1-5-10-16-13(2)9-11-17(3)14-7-6-8-15(12-14)18-4/h6-8,12-13,16H,5,9-11H2,1-4H3. The Morgan fingerprint density at radius 3 is 2.83 bits per heavy atom. The van der Waals surface area contributed by atoms with E-state index in [0.717, 1.165) is 25.3 Å². The Labute approximate surface area is 111 Å². The van der Waals surface area contributed by atoms with Gasteiger partial charge in [-0.1, -0.05) is 13.0 Å². The number of anilines is 1. The summed E-state index contributed by atoms with van der Waals surface area (Å²) in [5, 5.41) is 3.51. The molecule has 1 aromatic rings. The number of rotatable bonds is 8. The van der Waals surface area contributed by atoms with Gasteiger partial charge in [0.1, 0.15) is 5.75 Å². The summed E-state index contributed by atoms with van der Waals surface area (Å²) in [7, 11) is 3.83. The van der Waals surface area contributed by atoms with E-state index in [4.69, 9.17) is 4.74 Å². The predicted molar refractivity (Wildman–Crippen MR) is 78.6 cm³/mol. The first-order valence-corrected chi connectivity index (χ1v) is 6.76. The quantitative estimate of drug-likeness (QED) is 0.768. The van der Waals surface area contributed by atoms with Gasteiger partial charge >= 0.3 is 0 Å². The second-order valence-corrected chi connectivity index (χ2v) is 4.77. The van der Waals surface area contributed by atoms with Crippen LogP contribution in [0.15, 0.2) is 24.3 Å². The molecule has 1 aromatic carbocycles. The molecular formula is C15H26N2O. The fourth-order valence-corrected chi connectivity index (χ4v) is 1.86. The van der Waals surface area contributed by atoms with E-state index in [1.165, 1.54) is 12.1 Å². The molecule has 0 aliphatic carbocycles. The van der Waals surface area contributed by atoms with Crippen LogP contribution in [0.2, 0.25) is 0 Å². The molecule has 0 heterocycles. The zero-order valence-electron chi connectivity index (χ0n) is 12.1. The van der Waals surface area contributed by atoms with E-state index in [0.29, 0.717) is 6.04 Å². The highest BCUT2D eigenvalue weighted by atomic mass is 16.5. The molecule has 0 aliphatic heterocycles. The summed E-state index contributed by atoms with van der Waals surface area (Å²) in [6.07, 6.45) is 2.34. The van der Waals surface area contributed by atoms with Crippen molar-refractivity contribution in [2.45, 2.75) is 32.7 Å². The van der Waals surface area contributed by atoms with Crippen LogP contribution in [0.1, 0.15) is 26.7 Å². The molecule has 1 unspecified atom stereocenters. The molecule has 0 fully saturated rings. The molecule has 0 amide bonds. The lowest BCUT2D eigenvalue weighted by molar-refractivity contribution is 0.415. The highest BCUT2D eigenvalue weighted by Gasteiger charge is 2.05. The molecule has 0 radical (unpaired) electrons. The summed E-state index contributed by atoms with van der Waals surface area (Å²) >= 11 is 0. The molecule has 0 spiro atoms. The van der Waals surface area contributed by atoms with Crippen molar-refractivity contribution in [2.75, 3.05) is 32.1 Å². The average Bonchev–Trinajstić information content (AvgIpc) is 2.42. The van der Waals surface area contributed by atoms with Gasteiger partial charge in [-0.2, -0.15) is 0 Å². The minimum atomic E-state index is 0.568. The smallest absolute Gasteiger partial charge is 0.120 e. The predicted octanol–water partition coefficient (Wildman–Crippen LogP) is 2.91. The SMILES string of the molecule is CCCNC(C)CCN(C)c1cccc(OC)c1. The minimum absolute atomic E-state index is 0.568. The summed E-state index contributed by atoms with van der Waals surface area (Å²) in [5.41, 5.74) is 1.21. The molecule has 1 atom stereocenters. The van der Waals surface area contributed by atoms with E-state index in [2.05, 4.69) is 43.2 Å². The number of nitrogens with zero attached hydrogens (tertiary/aromatic N) is 1. The molecule has 0 aromatic heterocycles. The maximum atomic E-state index is 5.24. The Balaban J connectivity index is 2.41. The summed E-state index contributed by atoms with van der Waals surface area (Å²) in [4.78, 5) is 2.27. The normalized spacial score (nSPS) is 12.2. The van der Waals surface area contributed by atoms with Crippen molar-refractivity contribution in [1.82, 2.24) is 5.32 Å². The largest absolute Gasteiger partial charge is 0.497 e. The fraction of sp³-hybridized carbons (Fsp3) is 0.600. The van der Waals surface area contributed by atoms with Gasteiger partial charge in [-0.3, -0.25) is 0 Å². The van der Waals surface area contributed by atoms with Gasteiger partial charge in [-0.15, -0.1) is 0 Å². The molecule has 1 rings (SSSR count). The Morgan fingerprint density at radius 1 is 1.39 bits per heavy atom.